The lowest BCUT2D eigenvalue weighted by Crippen LogP contribution is -2.31. The molecule has 1 aliphatic heterocycles. The highest BCUT2D eigenvalue weighted by Crippen LogP contribution is 2.32. The van der Waals surface area contributed by atoms with Crippen LogP contribution in [-0.4, -0.2) is 42.9 Å². The zero-order valence-electron chi connectivity index (χ0n) is 13.6. The number of benzene rings is 1. The van der Waals surface area contributed by atoms with Gasteiger partial charge in [-0.1, -0.05) is 0 Å². The molecule has 1 N–H and O–H groups in total. The molecule has 1 heterocycles. The summed E-state index contributed by atoms with van der Waals surface area (Å²) in [5.41, 5.74) is 2.49. The Kier molecular flexibility index (Phi) is 5.48. The third-order valence-electron chi connectivity index (χ3n) is 4.33. The van der Waals surface area contributed by atoms with Crippen LogP contribution in [0.1, 0.15) is 37.3 Å². The first-order chi connectivity index (χ1) is 10.0. The SMILES string of the molecule is COc1cc(C)c(CN2CCCC2CC(C)O)cc1OC. The second kappa shape index (κ2) is 7.14. The van der Waals surface area contributed by atoms with Crippen molar-refractivity contribution in [2.24, 2.45) is 0 Å². The molecule has 1 saturated heterocycles. The summed E-state index contributed by atoms with van der Waals surface area (Å²) in [6, 6.07) is 4.59. The molecule has 1 aromatic carbocycles. The van der Waals surface area contributed by atoms with Crippen molar-refractivity contribution in [3.05, 3.63) is 23.3 Å². The van der Waals surface area contributed by atoms with E-state index in [0.29, 0.717) is 6.04 Å². The molecule has 0 spiro atoms. The van der Waals surface area contributed by atoms with Crippen molar-refractivity contribution in [3.63, 3.8) is 0 Å². The number of aliphatic hydroxyl groups excluding tert-OH is 1. The van der Waals surface area contributed by atoms with Crippen LogP contribution in [0.5, 0.6) is 11.5 Å². The molecule has 2 unspecified atom stereocenters. The van der Waals surface area contributed by atoms with Crippen LogP contribution < -0.4 is 9.47 Å². The number of methoxy groups -OCH3 is 2. The number of aryl methyl sites for hydroxylation is 1. The molecule has 0 aromatic heterocycles. The smallest absolute Gasteiger partial charge is 0.161 e. The molecule has 0 aliphatic carbocycles. The van der Waals surface area contributed by atoms with E-state index in [2.05, 4.69) is 17.9 Å². The Hall–Kier alpha value is -1.26. The Morgan fingerprint density at radius 3 is 2.57 bits per heavy atom. The Morgan fingerprint density at radius 1 is 1.29 bits per heavy atom. The van der Waals surface area contributed by atoms with Crippen molar-refractivity contribution >= 4 is 0 Å². The first kappa shape index (κ1) is 16.1. The number of ether oxygens (including phenoxy) is 2. The van der Waals surface area contributed by atoms with Gasteiger partial charge >= 0.3 is 0 Å². The second-order valence-corrected chi connectivity index (χ2v) is 5.98. The molecule has 2 atom stereocenters. The fourth-order valence-electron chi connectivity index (χ4n) is 3.18. The largest absolute Gasteiger partial charge is 0.493 e. The normalized spacial score (nSPS) is 20.5. The highest BCUT2D eigenvalue weighted by atomic mass is 16.5. The minimum Gasteiger partial charge on any atom is -0.493 e. The van der Waals surface area contributed by atoms with Crippen LogP contribution in [0.4, 0.5) is 0 Å². The monoisotopic (exact) mass is 293 g/mol. The van der Waals surface area contributed by atoms with Gasteiger partial charge in [0.15, 0.2) is 11.5 Å². The second-order valence-electron chi connectivity index (χ2n) is 5.98. The van der Waals surface area contributed by atoms with Gasteiger partial charge in [0.1, 0.15) is 0 Å². The zero-order valence-corrected chi connectivity index (χ0v) is 13.6. The first-order valence-corrected chi connectivity index (χ1v) is 7.68. The van der Waals surface area contributed by atoms with Gasteiger partial charge in [0.05, 0.1) is 20.3 Å². The fourth-order valence-corrected chi connectivity index (χ4v) is 3.18. The van der Waals surface area contributed by atoms with E-state index in [0.717, 1.165) is 31.0 Å². The van der Waals surface area contributed by atoms with E-state index >= 15 is 0 Å². The number of hydrogen-bond donors (Lipinski definition) is 1. The summed E-state index contributed by atoms with van der Waals surface area (Å²) >= 11 is 0. The van der Waals surface area contributed by atoms with Gasteiger partial charge in [0.25, 0.3) is 0 Å². The average molecular weight is 293 g/mol. The Morgan fingerprint density at radius 2 is 1.95 bits per heavy atom. The Labute approximate surface area is 127 Å². The van der Waals surface area contributed by atoms with Crippen LogP contribution in [0.15, 0.2) is 12.1 Å². The molecule has 2 rings (SSSR count). The van der Waals surface area contributed by atoms with Crippen molar-refractivity contribution in [1.29, 1.82) is 0 Å². The molecule has 118 valence electrons. The lowest BCUT2D eigenvalue weighted by Gasteiger charge is -2.26. The lowest BCUT2D eigenvalue weighted by atomic mass is 10.0. The summed E-state index contributed by atoms with van der Waals surface area (Å²) < 4.78 is 10.7. The minimum atomic E-state index is -0.234. The van der Waals surface area contributed by atoms with E-state index in [1.807, 2.05) is 13.0 Å². The van der Waals surface area contributed by atoms with Crippen LogP contribution in [-0.2, 0) is 6.54 Å². The van der Waals surface area contributed by atoms with Gasteiger partial charge in [-0.25, -0.2) is 0 Å². The predicted molar refractivity (Wildman–Crippen MR) is 84.0 cm³/mol. The van der Waals surface area contributed by atoms with Gasteiger partial charge in [-0.15, -0.1) is 0 Å². The first-order valence-electron chi connectivity index (χ1n) is 7.68. The summed E-state index contributed by atoms with van der Waals surface area (Å²) in [6.07, 6.45) is 3.01. The van der Waals surface area contributed by atoms with Crippen molar-refractivity contribution in [3.8, 4) is 11.5 Å². The van der Waals surface area contributed by atoms with Crippen LogP contribution in [0, 0.1) is 6.92 Å². The Balaban J connectivity index is 2.15. The third-order valence-corrected chi connectivity index (χ3v) is 4.33. The molecular formula is C17H27NO3. The maximum Gasteiger partial charge on any atom is 0.161 e. The predicted octanol–water partition coefficient (Wildman–Crippen LogP) is 2.75. The maximum absolute atomic E-state index is 9.64. The summed E-state index contributed by atoms with van der Waals surface area (Å²) in [4.78, 5) is 2.47. The van der Waals surface area contributed by atoms with E-state index in [9.17, 15) is 5.11 Å². The van der Waals surface area contributed by atoms with Crippen molar-refractivity contribution in [1.82, 2.24) is 4.90 Å². The summed E-state index contributed by atoms with van der Waals surface area (Å²) in [7, 11) is 3.33. The Bertz CT molecular complexity index is 473. The van der Waals surface area contributed by atoms with E-state index < -0.39 is 0 Å². The quantitative estimate of drug-likeness (QED) is 0.875. The van der Waals surface area contributed by atoms with E-state index in [4.69, 9.17) is 9.47 Å². The molecule has 1 fully saturated rings. The van der Waals surface area contributed by atoms with Gasteiger partial charge in [-0.3, -0.25) is 4.90 Å². The molecule has 4 heteroatoms. The summed E-state index contributed by atoms with van der Waals surface area (Å²) in [6.45, 7) is 5.99. The van der Waals surface area contributed by atoms with Gasteiger partial charge < -0.3 is 14.6 Å². The molecule has 1 aliphatic rings. The minimum absolute atomic E-state index is 0.234. The topological polar surface area (TPSA) is 41.9 Å². The summed E-state index contributed by atoms with van der Waals surface area (Å²) in [5, 5.41) is 9.64. The number of likely N-dealkylation sites (tertiary alicyclic amines) is 1. The molecule has 4 nitrogen and oxygen atoms in total. The third kappa shape index (κ3) is 3.89. The van der Waals surface area contributed by atoms with Gasteiger partial charge in [-0.05, 0) is 62.9 Å². The van der Waals surface area contributed by atoms with Crippen LogP contribution in [0.25, 0.3) is 0 Å². The highest BCUT2D eigenvalue weighted by molar-refractivity contribution is 5.47. The molecule has 0 amide bonds. The van der Waals surface area contributed by atoms with Gasteiger partial charge in [0.2, 0.25) is 0 Å². The van der Waals surface area contributed by atoms with Gasteiger partial charge in [-0.2, -0.15) is 0 Å². The highest BCUT2D eigenvalue weighted by Gasteiger charge is 2.26. The standard InChI is InChI=1S/C17H27NO3/c1-12-8-16(20-3)17(21-4)10-14(12)11-18-7-5-6-15(18)9-13(2)19/h8,10,13,15,19H,5-7,9,11H2,1-4H3. The molecule has 21 heavy (non-hydrogen) atoms. The lowest BCUT2D eigenvalue weighted by molar-refractivity contribution is 0.130. The number of aliphatic hydroxyl groups is 1. The zero-order chi connectivity index (χ0) is 15.4. The number of nitrogens with zero attached hydrogens (tertiary/aromatic N) is 1. The average Bonchev–Trinajstić information content (AvgIpc) is 2.87. The van der Waals surface area contributed by atoms with Crippen molar-refractivity contribution < 1.29 is 14.6 Å². The number of rotatable bonds is 6. The van der Waals surface area contributed by atoms with E-state index in [1.54, 1.807) is 14.2 Å². The molecule has 0 radical (unpaired) electrons. The van der Waals surface area contributed by atoms with Crippen molar-refractivity contribution in [2.75, 3.05) is 20.8 Å². The van der Waals surface area contributed by atoms with Crippen molar-refractivity contribution in [2.45, 2.75) is 51.8 Å². The van der Waals surface area contributed by atoms with Crippen LogP contribution >= 0.6 is 0 Å². The van der Waals surface area contributed by atoms with E-state index in [-0.39, 0.29) is 6.10 Å². The maximum atomic E-state index is 9.64. The van der Waals surface area contributed by atoms with Gasteiger partial charge in [0, 0.05) is 12.6 Å². The molecule has 0 bridgehead atoms. The molecular weight excluding hydrogens is 266 g/mol. The molecule has 0 saturated carbocycles. The van der Waals surface area contributed by atoms with E-state index in [1.165, 1.54) is 24.0 Å². The number of hydrogen-bond acceptors (Lipinski definition) is 4. The molecule has 1 aromatic rings. The fraction of sp³-hybridized carbons (Fsp3) is 0.647. The van der Waals surface area contributed by atoms with Crippen LogP contribution in [0.3, 0.4) is 0 Å². The van der Waals surface area contributed by atoms with Crippen LogP contribution in [0.2, 0.25) is 0 Å². The summed E-state index contributed by atoms with van der Waals surface area (Å²) in [5.74, 6) is 1.56.